The van der Waals surface area contributed by atoms with Crippen LogP contribution in [0, 0.1) is 0 Å². The standard InChI is InChI=1S/C17H26N4O2/c22-17(8-2-5-11-21-9-3-1-4-10-21)18-16-13-14(19-20-16)15-7-6-12-23-15/h7,13H,1-6,8-12H2,(H2,18,19,20,22). The van der Waals surface area contributed by atoms with E-state index in [-0.39, 0.29) is 5.91 Å². The number of ether oxygens (including phenoxy) is 1. The van der Waals surface area contributed by atoms with Gasteiger partial charge in [-0.2, -0.15) is 5.10 Å². The molecular weight excluding hydrogens is 292 g/mol. The number of piperidine rings is 1. The molecule has 1 amide bonds. The number of H-pyrrole nitrogens is 1. The Hall–Kier alpha value is -1.82. The van der Waals surface area contributed by atoms with Crippen LogP contribution in [-0.2, 0) is 9.53 Å². The van der Waals surface area contributed by atoms with Crippen molar-refractivity contribution in [2.75, 3.05) is 31.6 Å². The van der Waals surface area contributed by atoms with E-state index in [9.17, 15) is 4.79 Å². The number of nitrogens with zero attached hydrogens (tertiary/aromatic N) is 2. The van der Waals surface area contributed by atoms with Gasteiger partial charge in [0.1, 0.15) is 11.5 Å². The maximum absolute atomic E-state index is 12.0. The molecule has 6 nitrogen and oxygen atoms in total. The van der Waals surface area contributed by atoms with E-state index < -0.39 is 0 Å². The molecule has 0 radical (unpaired) electrons. The first-order valence-electron chi connectivity index (χ1n) is 8.72. The van der Waals surface area contributed by atoms with Gasteiger partial charge >= 0.3 is 0 Å². The third-order valence-corrected chi connectivity index (χ3v) is 4.39. The average Bonchev–Trinajstić information content (AvgIpc) is 3.24. The summed E-state index contributed by atoms with van der Waals surface area (Å²) in [6.45, 7) is 4.28. The van der Waals surface area contributed by atoms with E-state index in [1.54, 1.807) is 0 Å². The summed E-state index contributed by atoms with van der Waals surface area (Å²) in [4.78, 5) is 14.5. The predicted molar refractivity (Wildman–Crippen MR) is 89.9 cm³/mol. The zero-order chi connectivity index (χ0) is 15.9. The molecule has 2 N–H and O–H groups in total. The zero-order valence-corrected chi connectivity index (χ0v) is 13.6. The summed E-state index contributed by atoms with van der Waals surface area (Å²) in [5.41, 5.74) is 0.822. The second-order valence-corrected chi connectivity index (χ2v) is 6.28. The molecule has 3 heterocycles. The quantitative estimate of drug-likeness (QED) is 0.758. The van der Waals surface area contributed by atoms with Crippen molar-refractivity contribution in [3.8, 4) is 0 Å². The summed E-state index contributed by atoms with van der Waals surface area (Å²) >= 11 is 0. The topological polar surface area (TPSA) is 70.2 Å². The Morgan fingerprint density at radius 2 is 2.17 bits per heavy atom. The third kappa shape index (κ3) is 4.82. The van der Waals surface area contributed by atoms with Gasteiger partial charge < -0.3 is 15.0 Å². The van der Waals surface area contributed by atoms with E-state index in [4.69, 9.17) is 4.74 Å². The van der Waals surface area contributed by atoms with Crippen LogP contribution in [0.25, 0.3) is 5.76 Å². The summed E-state index contributed by atoms with van der Waals surface area (Å²) in [6, 6.07) is 1.82. The van der Waals surface area contributed by atoms with E-state index in [0.29, 0.717) is 18.8 Å². The number of hydrogen-bond donors (Lipinski definition) is 2. The van der Waals surface area contributed by atoms with Gasteiger partial charge in [0, 0.05) is 18.9 Å². The fraction of sp³-hybridized carbons (Fsp3) is 0.647. The van der Waals surface area contributed by atoms with E-state index in [1.165, 1.54) is 32.4 Å². The van der Waals surface area contributed by atoms with Gasteiger partial charge in [0.2, 0.25) is 5.91 Å². The maximum Gasteiger partial charge on any atom is 0.225 e. The Morgan fingerprint density at radius 3 is 2.96 bits per heavy atom. The largest absolute Gasteiger partial charge is 0.491 e. The van der Waals surface area contributed by atoms with Crippen LogP contribution in [-0.4, -0.2) is 47.2 Å². The minimum Gasteiger partial charge on any atom is -0.491 e. The van der Waals surface area contributed by atoms with Crippen LogP contribution >= 0.6 is 0 Å². The van der Waals surface area contributed by atoms with Crippen LogP contribution in [0.2, 0.25) is 0 Å². The summed E-state index contributed by atoms with van der Waals surface area (Å²) in [6.07, 6.45) is 9.52. The van der Waals surface area contributed by atoms with Crippen molar-refractivity contribution >= 4 is 17.5 Å². The Labute approximate surface area is 137 Å². The molecule has 0 saturated carbocycles. The molecule has 1 saturated heterocycles. The van der Waals surface area contributed by atoms with Gasteiger partial charge in [-0.15, -0.1) is 0 Å². The SMILES string of the molecule is O=C(CCCCN1CCCCC1)Nc1cc(C2=CCCO2)[nH]n1. The average molecular weight is 318 g/mol. The van der Waals surface area contributed by atoms with Gasteiger partial charge in [-0.1, -0.05) is 6.42 Å². The van der Waals surface area contributed by atoms with Crippen LogP contribution in [0.3, 0.4) is 0 Å². The molecule has 23 heavy (non-hydrogen) atoms. The number of aromatic nitrogens is 2. The number of anilines is 1. The summed E-state index contributed by atoms with van der Waals surface area (Å²) < 4.78 is 5.47. The molecule has 1 aromatic heterocycles. The lowest BCUT2D eigenvalue weighted by molar-refractivity contribution is -0.116. The number of unbranched alkanes of at least 4 members (excludes halogenated alkanes) is 1. The van der Waals surface area contributed by atoms with Crippen LogP contribution in [0.5, 0.6) is 0 Å². The summed E-state index contributed by atoms with van der Waals surface area (Å²) in [5.74, 6) is 1.42. The van der Waals surface area contributed by atoms with Crippen molar-refractivity contribution in [2.45, 2.75) is 44.9 Å². The number of likely N-dealkylation sites (tertiary alicyclic amines) is 1. The molecule has 0 aliphatic carbocycles. The maximum atomic E-state index is 12.0. The highest BCUT2D eigenvalue weighted by atomic mass is 16.5. The number of aromatic amines is 1. The zero-order valence-electron chi connectivity index (χ0n) is 13.6. The van der Waals surface area contributed by atoms with Crippen LogP contribution in [0.15, 0.2) is 12.1 Å². The highest BCUT2D eigenvalue weighted by Crippen LogP contribution is 2.21. The molecule has 6 heteroatoms. The Bertz CT molecular complexity index is 547. The third-order valence-electron chi connectivity index (χ3n) is 4.39. The first-order valence-corrected chi connectivity index (χ1v) is 8.72. The second kappa shape index (κ2) is 8.15. The molecule has 126 valence electrons. The Morgan fingerprint density at radius 1 is 1.30 bits per heavy atom. The minimum absolute atomic E-state index is 0.0306. The number of carbonyl (C=O) groups excluding carboxylic acids is 1. The molecule has 0 bridgehead atoms. The van der Waals surface area contributed by atoms with Crippen molar-refractivity contribution in [1.29, 1.82) is 0 Å². The van der Waals surface area contributed by atoms with Crippen LogP contribution in [0.1, 0.15) is 50.6 Å². The monoisotopic (exact) mass is 318 g/mol. The van der Waals surface area contributed by atoms with Gasteiger partial charge in [-0.25, -0.2) is 0 Å². The van der Waals surface area contributed by atoms with E-state index in [0.717, 1.165) is 37.3 Å². The number of nitrogens with one attached hydrogen (secondary N) is 2. The molecule has 0 aromatic carbocycles. The van der Waals surface area contributed by atoms with E-state index >= 15 is 0 Å². The Kier molecular flexibility index (Phi) is 5.69. The highest BCUT2D eigenvalue weighted by molar-refractivity contribution is 5.90. The van der Waals surface area contributed by atoms with Gasteiger partial charge in [-0.05, 0) is 51.4 Å². The van der Waals surface area contributed by atoms with Crippen molar-refractivity contribution in [1.82, 2.24) is 15.1 Å². The highest BCUT2D eigenvalue weighted by Gasteiger charge is 2.13. The smallest absolute Gasteiger partial charge is 0.225 e. The molecule has 2 aliphatic heterocycles. The molecular formula is C17H26N4O2. The van der Waals surface area contributed by atoms with Crippen molar-refractivity contribution in [3.63, 3.8) is 0 Å². The number of amides is 1. The van der Waals surface area contributed by atoms with Crippen molar-refractivity contribution in [2.24, 2.45) is 0 Å². The van der Waals surface area contributed by atoms with Gasteiger partial charge in [-0.3, -0.25) is 9.89 Å². The summed E-state index contributed by atoms with van der Waals surface area (Å²) in [7, 11) is 0. The second-order valence-electron chi connectivity index (χ2n) is 6.28. The van der Waals surface area contributed by atoms with Crippen molar-refractivity contribution < 1.29 is 9.53 Å². The lowest BCUT2D eigenvalue weighted by Crippen LogP contribution is -2.30. The normalized spacial score (nSPS) is 18.5. The first kappa shape index (κ1) is 16.1. The van der Waals surface area contributed by atoms with E-state index in [1.807, 2.05) is 12.1 Å². The lowest BCUT2D eigenvalue weighted by atomic mass is 10.1. The van der Waals surface area contributed by atoms with Crippen LogP contribution in [0.4, 0.5) is 5.82 Å². The van der Waals surface area contributed by atoms with Gasteiger partial charge in [0.05, 0.1) is 6.61 Å². The molecule has 0 atom stereocenters. The van der Waals surface area contributed by atoms with Crippen molar-refractivity contribution in [3.05, 3.63) is 17.8 Å². The fourth-order valence-corrected chi connectivity index (χ4v) is 3.13. The minimum atomic E-state index is 0.0306. The molecule has 3 rings (SSSR count). The first-order chi connectivity index (χ1) is 11.3. The number of carbonyl (C=O) groups is 1. The Balaban J connectivity index is 1.34. The molecule has 0 unspecified atom stereocenters. The predicted octanol–water partition coefficient (Wildman–Crippen LogP) is 2.77. The molecule has 0 spiro atoms. The molecule has 1 fully saturated rings. The molecule has 1 aromatic rings. The molecule has 2 aliphatic rings. The van der Waals surface area contributed by atoms with Crippen LogP contribution < -0.4 is 5.32 Å². The van der Waals surface area contributed by atoms with E-state index in [2.05, 4.69) is 20.4 Å². The number of hydrogen-bond acceptors (Lipinski definition) is 4. The van der Waals surface area contributed by atoms with Gasteiger partial charge in [0.15, 0.2) is 5.82 Å². The summed E-state index contributed by atoms with van der Waals surface area (Å²) in [5, 5.41) is 9.86. The lowest BCUT2D eigenvalue weighted by Gasteiger charge is -2.26. The van der Waals surface area contributed by atoms with Gasteiger partial charge in [0.25, 0.3) is 0 Å². The fourth-order valence-electron chi connectivity index (χ4n) is 3.13. The number of rotatable bonds is 7.